The van der Waals surface area contributed by atoms with Crippen LogP contribution >= 0.6 is 0 Å². The number of hydrogen-bond acceptors (Lipinski definition) is 2. The zero-order valence-electron chi connectivity index (χ0n) is 12.5. The van der Waals surface area contributed by atoms with E-state index in [1.165, 1.54) is 5.56 Å². The summed E-state index contributed by atoms with van der Waals surface area (Å²) in [5.41, 5.74) is 1.57. The minimum absolute atomic E-state index is 0.418. The van der Waals surface area contributed by atoms with E-state index in [0.29, 0.717) is 18.9 Å². The standard InChI is InChI=1S/C16H24O3/c1-11(2)13-7-6-12(3)14(10-13)19-9-8-16(4,5)15(17)18/h6-7,10-11H,8-9H2,1-5H3,(H,17,18). The molecule has 0 heterocycles. The van der Waals surface area contributed by atoms with E-state index in [1.54, 1.807) is 13.8 Å². The summed E-state index contributed by atoms with van der Waals surface area (Å²) in [6.45, 7) is 10.1. The molecule has 0 aliphatic carbocycles. The number of carbonyl (C=O) groups is 1. The molecule has 0 aromatic heterocycles. The summed E-state index contributed by atoms with van der Waals surface area (Å²) in [5, 5.41) is 9.05. The second-order valence-electron chi connectivity index (χ2n) is 5.97. The Bertz CT molecular complexity index is 447. The first kappa shape index (κ1) is 15.5. The number of carboxylic acid groups (broad SMARTS) is 1. The van der Waals surface area contributed by atoms with E-state index in [1.807, 2.05) is 19.1 Å². The molecule has 0 aliphatic rings. The third-order valence-corrected chi connectivity index (χ3v) is 3.44. The predicted molar refractivity (Wildman–Crippen MR) is 76.8 cm³/mol. The highest BCUT2D eigenvalue weighted by molar-refractivity contribution is 5.73. The Balaban J connectivity index is 2.68. The highest BCUT2D eigenvalue weighted by atomic mass is 16.5. The average molecular weight is 264 g/mol. The second-order valence-corrected chi connectivity index (χ2v) is 5.97. The molecule has 0 amide bonds. The van der Waals surface area contributed by atoms with Crippen molar-refractivity contribution in [3.63, 3.8) is 0 Å². The molecule has 0 unspecified atom stereocenters. The van der Waals surface area contributed by atoms with Crippen LogP contribution < -0.4 is 4.74 Å². The van der Waals surface area contributed by atoms with Crippen LogP contribution in [0.4, 0.5) is 0 Å². The van der Waals surface area contributed by atoms with E-state index in [2.05, 4.69) is 19.9 Å². The van der Waals surface area contributed by atoms with Crippen molar-refractivity contribution >= 4 is 5.97 Å². The van der Waals surface area contributed by atoms with Crippen LogP contribution in [0.3, 0.4) is 0 Å². The number of aliphatic carboxylic acids is 1. The van der Waals surface area contributed by atoms with Gasteiger partial charge in [0.25, 0.3) is 0 Å². The molecule has 1 N–H and O–H groups in total. The monoisotopic (exact) mass is 264 g/mol. The van der Waals surface area contributed by atoms with Crippen LogP contribution in [-0.2, 0) is 4.79 Å². The summed E-state index contributed by atoms with van der Waals surface area (Å²) < 4.78 is 5.75. The molecule has 1 aromatic rings. The maximum Gasteiger partial charge on any atom is 0.309 e. The van der Waals surface area contributed by atoms with Crippen LogP contribution in [0.25, 0.3) is 0 Å². The lowest BCUT2D eigenvalue weighted by Gasteiger charge is -2.20. The van der Waals surface area contributed by atoms with Gasteiger partial charge in [-0.3, -0.25) is 4.79 Å². The highest BCUT2D eigenvalue weighted by Crippen LogP contribution is 2.26. The third kappa shape index (κ3) is 4.27. The second kappa shape index (κ2) is 6.09. The summed E-state index contributed by atoms with van der Waals surface area (Å²) in [4.78, 5) is 11.0. The zero-order valence-corrected chi connectivity index (χ0v) is 12.5. The summed E-state index contributed by atoms with van der Waals surface area (Å²) in [7, 11) is 0. The molecule has 1 rings (SSSR count). The summed E-state index contributed by atoms with van der Waals surface area (Å²) >= 11 is 0. The summed E-state index contributed by atoms with van der Waals surface area (Å²) in [6, 6.07) is 6.20. The van der Waals surface area contributed by atoms with Crippen molar-refractivity contribution in [1.82, 2.24) is 0 Å². The number of aryl methyl sites for hydroxylation is 1. The molecule has 0 saturated carbocycles. The lowest BCUT2D eigenvalue weighted by Crippen LogP contribution is -2.25. The largest absolute Gasteiger partial charge is 0.493 e. The molecule has 0 atom stereocenters. The van der Waals surface area contributed by atoms with Crippen LogP contribution in [0.15, 0.2) is 18.2 Å². The lowest BCUT2D eigenvalue weighted by molar-refractivity contribution is -0.147. The number of hydrogen-bond donors (Lipinski definition) is 1. The molecule has 106 valence electrons. The van der Waals surface area contributed by atoms with Crippen LogP contribution in [0, 0.1) is 12.3 Å². The van der Waals surface area contributed by atoms with Crippen molar-refractivity contribution in [2.45, 2.75) is 47.0 Å². The van der Waals surface area contributed by atoms with Crippen LogP contribution in [0.5, 0.6) is 5.75 Å². The Kier molecular flexibility index (Phi) is 4.98. The number of benzene rings is 1. The fraction of sp³-hybridized carbons (Fsp3) is 0.562. The van der Waals surface area contributed by atoms with Crippen molar-refractivity contribution in [1.29, 1.82) is 0 Å². The fourth-order valence-electron chi connectivity index (χ4n) is 1.65. The third-order valence-electron chi connectivity index (χ3n) is 3.44. The molecule has 0 spiro atoms. The lowest BCUT2D eigenvalue weighted by atomic mass is 9.90. The van der Waals surface area contributed by atoms with Crippen LogP contribution in [0.1, 0.15) is 51.2 Å². The van der Waals surface area contributed by atoms with Crippen LogP contribution in [-0.4, -0.2) is 17.7 Å². The van der Waals surface area contributed by atoms with E-state index in [-0.39, 0.29) is 0 Å². The van der Waals surface area contributed by atoms with Gasteiger partial charge in [0.05, 0.1) is 12.0 Å². The van der Waals surface area contributed by atoms with Crippen molar-refractivity contribution in [2.75, 3.05) is 6.61 Å². The van der Waals surface area contributed by atoms with Crippen molar-refractivity contribution in [2.24, 2.45) is 5.41 Å². The smallest absolute Gasteiger partial charge is 0.309 e. The van der Waals surface area contributed by atoms with Crippen molar-refractivity contribution in [3.8, 4) is 5.75 Å². The van der Waals surface area contributed by atoms with E-state index < -0.39 is 11.4 Å². The fourth-order valence-corrected chi connectivity index (χ4v) is 1.65. The van der Waals surface area contributed by atoms with Gasteiger partial charge in [-0.25, -0.2) is 0 Å². The summed E-state index contributed by atoms with van der Waals surface area (Å²) in [6.07, 6.45) is 0.494. The minimum Gasteiger partial charge on any atom is -0.493 e. The SMILES string of the molecule is Cc1ccc(C(C)C)cc1OCCC(C)(C)C(=O)O. The molecular weight excluding hydrogens is 240 g/mol. The molecule has 3 heteroatoms. The normalized spacial score (nSPS) is 11.7. The van der Waals surface area contributed by atoms with Crippen molar-refractivity contribution < 1.29 is 14.6 Å². The average Bonchev–Trinajstić information content (AvgIpc) is 2.30. The Morgan fingerprint density at radius 2 is 2.00 bits per heavy atom. The Morgan fingerprint density at radius 3 is 2.53 bits per heavy atom. The van der Waals surface area contributed by atoms with Gasteiger partial charge < -0.3 is 9.84 Å². The molecule has 0 bridgehead atoms. The van der Waals surface area contributed by atoms with Gasteiger partial charge in [-0.1, -0.05) is 26.0 Å². The Labute approximate surface area is 115 Å². The maximum absolute atomic E-state index is 11.0. The molecule has 0 aliphatic heterocycles. The molecule has 0 fully saturated rings. The maximum atomic E-state index is 11.0. The molecule has 3 nitrogen and oxygen atoms in total. The van der Waals surface area contributed by atoms with Gasteiger partial charge in [0.1, 0.15) is 5.75 Å². The van der Waals surface area contributed by atoms with E-state index in [4.69, 9.17) is 9.84 Å². The quantitative estimate of drug-likeness (QED) is 0.844. The first-order chi connectivity index (χ1) is 8.74. The zero-order chi connectivity index (χ0) is 14.6. The first-order valence-electron chi connectivity index (χ1n) is 6.71. The number of carboxylic acids is 1. The molecule has 1 aromatic carbocycles. The van der Waals surface area contributed by atoms with Gasteiger partial charge in [-0.05, 0) is 50.3 Å². The number of rotatable bonds is 6. The van der Waals surface area contributed by atoms with E-state index >= 15 is 0 Å². The molecular formula is C16H24O3. The highest BCUT2D eigenvalue weighted by Gasteiger charge is 2.26. The van der Waals surface area contributed by atoms with E-state index in [9.17, 15) is 4.79 Å². The van der Waals surface area contributed by atoms with Gasteiger partial charge in [-0.15, -0.1) is 0 Å². The van der Waals surface area contributed by atoms with Gasteiger partial charge in [0, 0.05) is 0 Å². The summed E-state index contributed by atoms with van der Waals surface area (Å²) in [5.74, 6) is 0.523. The topological polar surface area (TPSA) is 46.5 Å². The number of ether oxygens (including phenoxy) is 1. The minimum atomic E-state index is -0.788. The van der Waals surface area contributed by atoms with Crippen molar-refractivity contribution in [3.05, 3.63) is 29.3 Å². The van der Waals surface area contributed by atoms with Gasteiger partial charge in [-0.2, -0.15) is 0 Å². The predicted octanol–water partition coefficient (Wildman–Crippen LogP) is 4.00. The van der Waals surface area contributed by atoms with Gasteiger partial charge >= 0.3 is 5.97 Å². The Hall–Kier alpha value is -1.51. The Morgan fingerprint density at radius 1 is 1.37 bits per heavy atom. The molecule has 0 radical (unpaired) electrons. The molecule has 19 heavy (non-hydrogen) atoms. The van der Waals surface area contributed by atoms with Gasteiger partial charge in [0.2, 0.25) is 0 Å². The van der Waals surface area contributed by atoms with Gasteiger partial charge in [0.15, 0.2) is 0 Å². The first-order valence-corrected chi connectivity index (χ1v) is 6.71. The molecule has 0 saturated heterocycles. The van der Waals surface area contributed by atoms with E-state index in [0.717, 1.165) is 11.3 Å². The van der Waals surface area contributed by atoms with Crippen LogP contribution in [0.2, 0.25) is 0 Å².